The van der Waals surface area contributed by atoms with Gasteiger partial charge in [0.05, 0.1) is 4.51 Å². The predicted molar refractivity (Wildman–Crippen MR) is 79.4 cm³/mol. The highest BCUT2D eigenvalue weighted by Crippen LogP contribution is 2.27. The van der Waals surface area contributed by atoms with Gasteiger partial charge in [0.25, 0.3) is 0 Å². The van der Waals surface area contributed by atoms with Gasteiger partial charge in [0.2, 0.25) is 0 Å². The van der Waals surface area contributed by atoms with Gasteiger partial charge in [-0.25, -0.2) is 4.79 Å². The average Bonchev–Trinajstić information content (AvgIpc) is 2.47. The molecule has 4 heteroatoms. The minimum absolute atomic E-state index is 0.117. The highest BCUT2D eigenvalue weighted by atomic mass is 32.1. The summed E-state index contributed by atoms with van der Waals surface area (Å²) in [6.45, 7) is 0. The first kappa shape index (κ1) is 12.6. The number of carboxylic acid groups (broad SMARTS) is 1. The van der Waals surface area contributed by atoms with E-state index in [0.717, 1.165) is 5.56 Å². The van der Waals surface area contributed by atoms with Gasteiger partial charge in [0.15, 0.2) is 5.58 Å². The summed E-state index contributed by atoms with van der Waals surface area (Å²) in [4.78, 5) is 11.3. The van der Waals surface area contributed by atoms with Gasteiger partial charge in [-0.05, 0) is 12.1 Å². The number of rotatable bonds is 2. The average molecular weight is 282 g/mol. The summed E-state index contributed by atoms with van der Waals surface area (Å²) in [5, 5.41) is 9.88. The van der Waals surface area contributed by atoms with E-state index in [1.165, 1.54) is 6.07 Å². The second kappa shape index (κ2) is 4.90. The van der Waals surface area contributed by atoms with Crippen LogP contribution in [0, 0.1) is 4.51 Å². The molecule has 0 spiro atoms. The van der Waals surface area contributed by atoms with Crippen LogP contribution in [0.25, 0.3) is 22.3 Å². The Labute approximate surface area is 120 Å². The molecule has 3 rings (SSSR count). The summed E-state index contributed by atoms with van der Waals surface area (Å²) in [5.41, 5.74) is 1.29. The third-order valence-electron chi connectivity index (χ3n) is 3.04. The zero-order valence-electron chi connectivity index (χ0n) is 10.4. The van der Waals surface area contributed by atoms with Crippen LogP contribution in [0.15, 0.2) is 59.0 Å². The molecule has 1 heterocycles. The zero-order valence-corrected chi connectivity index (χ0v) is 11.2. The third-order valence-corrected chi connectivity index (χ3v) is 3.38. The zero-order chi connectivity index (χ0) is 14.1. The molecule has 3 nitrogen and oxygen atoms in total. The lowest BCUT2D eigenvalue weighted by molar-refractivity contribution is 0.0698. The maximum atomic E-state index is 11.3. The summed E-state index contributed by atoms with van der Waals surface area (Å²) in [6, 6.07) is 16.2. The molecule has 0 saturated heterocycles. The van der Waals surface area contributed by atoms with Gasteiger partial charge in [0, 0.05) is 17.0 Å². The first-order valence-corrected chi connectivity index (χ1v) is 6.43. The van der Waals surface area contributed by atoms with Crippen LogP contribution < -0.4 is 0 Å². The van der Waals surface area contributed by atoms with Gasteiger partial charge in [-0.1, -0.05) is 48.6 Å². The maximum Gasteiger partial charge on any atom is 0.339 e. The molecule has 0 amide bonds. The fraction of sp³-hybridized carbons (Fsp3) is 0. The van der Waals surface area contributed by atoms with Crippen LogP contribution in [0.1, 0.15) is 10.4 Å². The van der Waals surface area contributed by atoms with E-state index in [0.29, 0.717) is 21.2 Å². The molecule has 0 aliphatic carbocycles. The van der Waals surface area contributed by atoms with Gasteiger partial charge >= 0.3 is 5.97 Å². The molecule has 98 valence electrons. The SMILES string of the molecule is O=C(O)c1cccc2c(=S)cc(-c3ccccc3)oc12. The molecule has 0 atom stereocenters. The summed E-state index contributed by atoms with van der Waals surface area (Å²) in [6.07, 6.45) is 0. The molecule has 20 heavy (non-hydrogen) atoms. The molecule has 0 aliphatic rings. The van der Waals surface area contributed by atoms with Crippen LogP contribution >= 0.6 is 12.2 Å². The number of hydrogen-bond donors (Lipinski definition) is 1. The first-order chi connectivity index (χ1) is 9.66. The molecule has 2 aromatic carbocycles. The molecular formula is C16H10O3S. The molecule has 0 aliphatic heterocycles. The first-order valence-electron chi connectivity index (χ1n) is 6.02. The number of aromatic carboxylic acids is 1. The van der Waals surface area contributed by atoms with E-state index in [1.807, 2.05) is 30.3 Å². The van der Waals surface area contributed by atoms with Crippen molar-refractivity contribution in [2.45, 2.75) is 0 Å². The van der Waals surface area contributed by atoms with E-state index in [4.69, 9.17) is 16.6 Å². The van der Waals surface area contributed by atoms with Crippen LogP contribution in [0.2, 0.25) is 0 Å². The highest BCUT2D eigenvalue weighted by molar-refractivity contribution is 7.71. The normalized spacial score (nSPS) is 10.6. The molecule has 0 unspecified atom stereocenters. The number of fused-ring (bicyclic) bond motifs is 1. The van der Waals surface area contributed by atoms with E-state index in [1.54, 1.807) is 18.2 Å². The van der Waals surface area contributed by atoms with Gasteiger partial charge in [-0.3, -0.25) is 0 Å². The Morgan fingerprint density at radius 3 is 2.50 bits per heavy atom. The second-order valence-electron chi connectivity index (χ2n) is 4.33. The number of benzene rings is 2. The standard InChI is InChI=1S/C16H10O3S/c17-16(18)12-8-4-7-11-14(20)9-13(19-15(11)12)10-5-2-1-3-6-10/h1-9H,(H,17,18). The number of carbonyl (C=O) groups is 1. The fourth-order valence-electron chi connectivity index (χ4n) is 2.09. The van der Waals surface area contributed by atoms with Crippen molar-refractivity contribution in [1.82, 2.24) is 0 Å². The van der Waals surface area contributed by atoms with E-state index in [2.05, 4.69) is 0 Å². The third kappa shape index (κ3) is 2.10. The van der Waals surface area contributed by atoms with E-state index < -0.39 is 5.97 Å². The van der Waals surface area contributed by atoms with Crippen molar-refractivity contribution in [3.63, 3.8) is 0 Å². The Balaban J connectivity index is 2.36. The molecule has 3 aromatic rings. The van der Waals surface area contributed by atoms with Crippen LogP contribution in [-0.2, 0) is 0 Å². The number of hydrogen-bond acceptors (Lipinski definition) is 3. The maximum absolute atomic E-state index is 11.3. The molecule has 0 saturated carbocycles. The van der Waals surface area contributed by atoms with Crippen LogP contribution in [0.4, 0.5) is 0 Å². The molecular weight excluding hydrogens is 272 g/mol. The van der Waals surface area contributed by atoms with Crippen molar-refractivity contribution in [2.75, 3.05) is 0 Å². The summed E-state index contributed by atoms with van der Waals surface area (Å²) < 4.78 is 6.35. The predicted octanol–water partition coefficient (Wildman–Crippen LogP) is 4.53. The fourth-order valence-corrected chi connectivity index (χ4v) is 2.36. The van der Waals surface area contributed by atoms with Crippen LogP contribution in [0.3, 0.4) is 0 Å². The van der Waals surface area contributed by atoms with Crippen LogP contribution in [-0.4, -0.2) is 11.1 Å². The quantitative estimate of drug-likeness (QED) is 0.702. The molecule has 0 fully saturated rings. The monoisotopic (exact) mass is 282 g/mol. The number of para-hydroxylation sites is 1. The molecule has 1 aromatic heterocycles. The Morgan fingerprint density at radius 2 is 1.80 bits per heavy atom. The summed E-state index contributed by atoms with van der Waals surface area (Å²) in [7, 11) is 0. The molecule has 0 radical (unpaired) electrons. The Bertz CT molecular complexity index is 850. The van der Waals surface area contributed by atoms with Gasteiger partial charge in [-0.2, -0.15) is 0 Å². The number of carboxylic acids is 1. The lowest BCUT2D eigenvalue weighted by Gasteiger charge is -2.06. The largest absolute Gasteiger partial charge is 0.478 e. The molecule has 1 N–H and O–H groups in total. The van der Waals surface area contributed by atoms with Crippen molar-refractivity contribution in [2.24, 2.45) is 0 Å². The lowest BCUT2D eigenvalue weighted by atomic mass is 10.1. The van der Waals surface area contributed by atoms with Gasteiger partial charge in [0.1, 0.15) is 11.3 Å². The van der Waals surface area contributed by atoms with E-state index in [9.17, 15) is 9.90 Å². The van der Waals surface area contributed by atoms with E-state index >= 15 is 0 Å². The van der Waals surface area contributed by atoms with Crippen LogP contribution in [0.5, 0.6) is 0 Å². The van der Waals surface area contributed by atoms with Gasteiger partial charge < -0.3 is 9.52 Å². The Kier molecular flexibility index (Phi) is 3.08. The van der Waals surface area contributed by atoms with E-state index in [-0.39, 0.29) is 5.56 Å². The van der Waals surface area contributed by atoms with Crippen molar-refractivity contribution < 1.29 is 14.3 Å². The van der Waals surface area contributed by atoms with Crippen molar-refractivity contribution >= 4 is 29.2 Å². The Hall–Kier alpha value is -2.46. The molecule has 0 bridgehead atoms. The summed E-state index contributed by atoms with van der Waals surface area (Å²) >= 11 is 5.33. The minimum Gasteiger partial charge on any atom is -0.478 e. The minimum atomic E-state index is -1.03. The van der Waals surface area contributed by atoms with Crippen molar-refractivity contribution in [3.8, 4) is 11.3 Å². The highest BCUT2D eigenvalue weighted by Gasteiger charge is 2.13. The smallest absolute Gasteiger partial charge is 0.339 e. The summed E-state index contributed by atoms with van der Waals surface area (Å²) in [5.74, 6) is -0.462. The van der Waals surface area contributed by atoms with Crippen molar-refractivity contribution in [1.29, 1.82) is 0 Å². The lowest BCUT2D eigenvalue weighted by Crippen LogP contribution is -1.97. The van der Waals surface area contributed by atoms with Gasteiger partial charge in [-0.15, -0.1) is 0 Å². The second-order valence-corrected chi connectivity index (χ2v) is 4.77. The Morgan fingerprint density at radius 1 is 1.05 bits per heavy atom. The van der Waals surface area contributed by atoms with Crippen molar-refractivity contribution in [3.05, 3.63) is 64.7 Å². The topological polar surface area (TPSA) is 50.4 Å².